The average molecular weight is 289 g/mol. The molecule has 3 heterocycles. The number of hydrogen-bond donors (Lipinski definition) is 2. The van der Waals surface area contributed by atoms with Crippen molar-refractivity contribution >= 4 is 29.2 Å². The normalized spacial score (nSPS) is 24.9. The third-order valence-electron chi connectivity index (χ3n) is 3.50. The summed E-state index contributed by atoms with van der Waals surface area (Å²) < 4.78 is 0. The molecule has 20 heavy (non-hydrogen) atoms. The van der Waals surface area contributed by atoms with E-state index in [1.807, 2.05) is 11.4 Å². The lowest BCUT2D eigenvalue weighted by atomic mass is 9.98. The zero-order valence-corrected chi connectivity index (χ0v) is 11.3. The van der Waals surface area contributed by atoms with Crippen LogP contribution in [-0.4, -0.2) is 41.4 Å². The highest BCUT2D eigenvalue weighted by Crippen LogP contribution is 2.25. The van der Waals surface area contributed by atoms with Crippen LogP contribution in [0, 0.1) is 12.3 Å². The van der Waals surface area contributed by atoms with Gasteiger partial charge in [-0.05, 0) is 23.4 Å². The third-order valence-corrected chi connectivity index (χ3v) is 4.44. The number of terminal acetylenes is 1. The van der Waals surface area contributed by atoms with Crippen LogP contribution in [0.1, 0.15) is 15.2 Å². The van der Waals surface area contributed by atoms with Crippen molar-refractivity contribution in [2.45, 2.75) is 12.0 Å². The van der Waals surface area contributed by atoms with E-state index in [1.165, 1.54) is 16.2 Å². The number of rotatable bonds is 2. The fraction of sp³-hybridized carbons (Fsp3) is 0.308. The Bertz CT molecular complexity index is 660. The Morgan fingerprint density at radius 3 is 2.90 bits per heavy atom. The van der Waals surface area contributed by atoms with Crippen molar-refractivity contribution in [2.24, 2.45) is 0 Å². The van der Waals surface area contributed by atoms with E-state index >= 15 is 0 Å². The van der Waals surface area contributed by atoms with E-state index in [0.717, 1.165) is 12.0 Å². The van der Waals surface area contributed by atoms with E-state index in [4.69, 9.17) is 6.42 Å². The predicted octanol–water partition coefficient (Wildman–Crippen LogP) is -0.0422. The summed E-state index contributed by atoms with van der Waals surface area (Å²) in [7, 11) is 0. The lowest BCUT2D eigenvalue weighted by molar-refractivity contribution is -0.122. The first-order chi connectivity index (χ1) is 9.55. The number of imide groups is 1. The van der Waals surface area contributed by atoms with Crippen molar-refractivity contribution in [3.05, 3.63) is 21.9 Å². The summed E-state index contributed by atoms with van der Waals surface area (Å²) in [6.07, 6.45) is 6.12. The van der Waals surface area contributed by atoms with Gasteiger partial charge in [0.1, 0.15) is 0 Å². The second-order valence-corrected chi connectivity index (χ2v) is 5.63. The number of fused-ring (bicyclic) bond motifs is 1. The Morgan fingerprint density at radius 2 is 2.25 bits per heavy atom. The molecule has 0 radical (unpaired) electrons. The zero-order chi connectivity index (χ0) is 14.3. The van der Waals surface area contributed by atoms with Gasteiger partial charge in [-0.3, -0.25) is 14.9 Å². The van der Waals surface area contributed by atoms with Crippen LogP contribution in [-0.2, 0) is 11.2 Å². The number of carbonyl (C=O) groups excluding carboxylic acids is 3. The molecular formula is C13H11N3O3S. The zero-order valence-electron chi connectivity index (χ0n) is 10.4. The molecule has 0 bridgehead atoms. The Balaban J connectivity index is 1.86. The lowest BCUT2D eigenvalue weighted by Gasteiger charge is -2.32. The average Bonchev–Trinajstić information content (AvgIpc) is 2.99. The van der Waals surface area contributed by atoms with Gasteiger partial charge < -0.3 is 10.2 Å². The van der Waals surface area contributed by atoms with E-state index in [1.54, 1.807) is 0 Å². The van der Waals surface area contributed by atoms with Crippen molar-refractivity contribution in [3.8, 4) is 12.3 Å². The molecule has 1 aromatic heterocycles. The molecule has 1 fully saturated rings. The van der Waals surface area contributed by atoms with Gasteiger partial charge in [-0.15, -0.1) is 17.8 Å². The number of hydrogen-bond acceptors (Lipinski definition) is 4. The molecule has 1 atom stereocenters. The lowest BCUT2D eigenvalue weighted by Crippen LogP contribution is -2.56. The molecule has 0 saturated carbocycles. The molecule has 0 aliphatic carbocycles. The third kappa shape index (κ3) is 1.77. The number of nitrogens with one attached hydrogen (secondary N) is 2. The summed E-state index contributed by atoms with van der Waals surface area (Å²) in [4.78, 5) is 37.6. The highest BCUT2D eigenvalue weighted by molar-refractivity contribution is 7.12. The van der Waals surface area contributed by atoms with Crippen LogP contribution in [0.5, 0.6) is 0 Å². The number of amides is 4. The van der Waals surface area contributed by atoms with E-state index < -0.39 is 17.5 Å². The summed E-state index contributed by atoms with van der Waals surface area (Å²) in [5.41, 5.74) is -0.451. The van der Waals surface area contributed by atoms with E-state index in [9.17, 15) is 14.4 Å². The van der Waals surface area contributed by atoms with Crippen LogP contribution in [0.25, 0.3) is 0 Å². The van der Waals surface area contributed by atoms with Crippen LogP contribution < -0.4 is 10.6 Å². The maximum absolute atomic E-state index is 12.3. The maximum atomic E-state index is 12.3. The molecule has 2 N–H and O–H groups in total. The van der Waals surface area contributed by atoms with E-state index in [0.29, 0.717) is 11.4 Å². The monoisotopic (exact) mass is 289 g/mol. The van der Waals surface area contributed by atoms with Gasteiger partial charge in [0.2, 0.25) is 0 Å². The van der Waals surface area contributed by atoms with Gasteiger partial charge in [-0.1, -0.05) is 5.92 Å². The Labute approximate surface area is 119 Å². The molecule has 102 valence electrons. The summed E-state index contributed by atoms with van der Waals surface area (Å²) >= 11 is 1.37. The second-order valence-electron chi connectivity index (χ2n) is 4.71. The van der Waals surface area contributed by atoms with Crippen molar-refractivity contribution in [2.75, 3.05) is 13.1 Å². The minimum absolute atomic E-state index is 0.0166. The fourth-order valence-electron chi connectivity index (χ4n) is 2.41. The van der Waals surface area contributed by atoms with Gasteiger partial charge in [0.15, 0.2) is 5.54 Å². The van der Waals surface area contributed by atoms with Crippen molar-refractivity contribution in [1.29, 1.82) is 0 Å². The number of urea groups is 1. The van der Waals surface area contributed by atoms with Crippen LogP contribution in [0.2, 0.25) is 0 Å². The second kappa shape index (κ2) is 4.35. The van der Waals surface area contributed by atoms with E-state index in [2.05, 4.69) is 16.6 Å². The van der Waals surface area contributed by atoms with Crippen LogP contribution in [0.4, 0.5) is 4.79 Å². The molecule has 0 unspecified atom stereocenters. The van der Waals surface area contributed by atoms with Crippen LogP contribution >= 0.6 is 11.3 Å². The molecule has 0 aromatic carbocycles. The van der Waals surface area contributed by atoms with Crippen LogP contribution in [0.15, 0.2) is 11.4 Å². The standard InChI is InChI=1S/C13H11N3O3S/c1-2-13(11(18)14-12(19)15-13)7-16-5-3-8-4-6-20-9(8)10(16)17/h1,4,6H,3,5,7H2,(H2,14,15,18,19)/t13-/m1/s1. The Morgan fingerprint density at radius 1 is 1.45 bits per heavy atom. The summed E-state index contributed by atoms with van der Waals surface area (Å²) in [6.45, 7) is 0.465. The largest absolute Gasteiger partial charge is 0.334 e. The number of thiophene rings is 1. The maximum Gasteiger partial charge on any atom is 0.323 e. The van der Waals surface area contributed by atoms with Gasteiger partial charge in [-0.2, -0.15) is 0 Å². The SMILES string of the molecule is C#C[C@]1(CN2CCc3ccsc3C2=O)NC(=O)NC1=O. The Hall–Kier alpha value is -2.33. The minimum atomic E-state index is -1.47. The van der Waals surface area contributed by atoms with Gasteiger partial charge in [-0.25, -0.2) is 4.79 Å². The molecule has 6 nitrogen and oxygen atoms in total. The van der Waals surface area contributed by atoms with Crippen molar-refractivity contribution < 1.29 is 14.4 Å². The molecule has 2 aliphatic heterocycles. The smallest absolute Gasteiger partial charge is 0.323 e. The number of carbonyl (C=O) groups is 3. The Kier molecular flexibility index (Phi) is 2.76. The van der Waals surface area contributed by atoms with E-state index in [-0.39, 0.29) is 12.5 Å². The molecule has 3 rings (SSSR count). The van der Waals surface area contributed by atoms with Gasteiger partial charge in [0, 0.05) is 6.54 Å². The molecule has 2 aliphatic rings. The molecule has 7 heteroatoms. The molecule has 0 spiro atoms. The summed E-state index contributed by atoms with van der Waals surface area (Å²) in [5, 5.41) is 6.40. The minimum Gasteiger partial charge on any atom is -0.334 e. The molecule has 4 amide bonds. The van der Waals surface area contributed by atoms with Gasteiger partial charge in [0.25, 0.3) is 11.8 Å². The van der Waals surface area contributed by atoms with Gasteiger partial charge in [0.05, 0.1) is 11.4 Å². The summed E-state index contributed by atoms with van der Waals surface area (Å²) in [6, 6.07) is 1.30. The van der Waals surface area contributed by atoms with Crippen molar-refractivity contribution in [3.63, 3.8) is 0 Å². The first-order valence-corrected chi connectivity index (χ1v) is 6.91. The number of nitrogens with zero attached hydrogens (tertiary/aromatic N) is 1. The summed E-state index contributed by atoms with van der Waals surface area (Å²) in [5.74, 6) is 1.57. The fourth-order valence-corrected chi connectivity index (χ4v) is 3.33. The first-order valence-electron chi connectivity index (χ1n) is 6.03. The topological polar surface area (TPSA) is 78.5 Å². The molecular weight excluding hydrogens is 278 g/mol. The van der Waals surface area contributed by atoms with Crippen LogP contribution in [0.3, 0.4) is 0 Å². The predicted molar refractivity (Wildman–Crippen MR) is 72.2 cm³/mol. The quantitative estimate of drug-likeness (QED) is 0.592. The first kappa shape index (κ1) is 12.7. The highest BCUT2D eigenvalue weighted by atomic mass is 32.1. The molecule has 1 aromatic rings. The van der Waals surface area contributed by atoms with Crippen molar-refractivity contribution in [1.82, 2.24) is 15.5 Å². The van der Waals surface area contributed by atoms with Gasteiger partial charge >= 0.3 is 6.03 Å². The highest BCUT2D eigenvalue weighted by Gasteiger charge is 2.47. The molecule has 1 saturated heterocycles.